The van der Waals surface area contributed by atoms with Gasteiger partial charge in [0.25, 0.3) is 5.91 Å². The monoisotopic (exact) mass is 457 g/mol. The number of aliphatic hydroxyl groups is 1. The van der Waals surface area contributed by atoms with Crippen LogP contribution in [-0.2, 0) is 20.8 Å². The molecule has 4 N–H and O–H groups in total. The number of aliphatic carboxylic acids is 1. The Balaban J connectivity index is 1.88. The van der Waals surface area contributed by atoms with Crippen molar-refractivity contribution in [2.45, 2.75) is 38.7 Å². The van der Waals surface area contributed by atoms with Crippen molar-refractivity contribution in [2.24, 2.45) is 0 Å². The SMILES string of the molecule is CC(O)CC(=O)NN(CCc1ccccc1)C(=O)CNc1ccc(OCCCC(=O)O)cc1. The normalized spacial score (nSPS) is 11.3. The van der Waals surface area contributed by atoms with Crippen molar-refractivity contribution < 1.29 is 29.3 Å². The molecule has 0 aliphatic rings. The Bertz CT molecular complexity index is 887. The van der Waals surface area contributed by atoms with E-state index in [4.69, 9.17) is 9.84 Å². The molecule has 2 rings (SSSR count). The molecule has 2 aromatic carbocycles. The third-order valence-corrected chi connectivity index (χ3v) is 4.61. The van der Waals surface area contributed by atoms with E-state index < -0.39 is 18.0 Å². The number of rotatable bonds is 13. The van der Waals surface area contributed by atoms with E-state index in [1.54, 1.807) is 24.3 Å². The van der Waals surface area contributed by atoms with E-state index in [1.165, 1.54) is 11.9 Å². The average molecular weight is 458 g/mol. The van der Waals surface area contributed by atoms with Crippen molar-refractivity contribution in [3.63, 3.8) is 0 Å². The molecule has 9 heteroatoms. The highest BCUT2D eigenvalue weighted by molar-refractivity contribution is 5.84. The van der Waals surface area contributed by atoms with Gasteiger partial charge in [-0.25, -0.2) is 0 Å². The van der Waals surface area contributed by atoms with Crippen LogP contribution in [0, 0.1) is 0 Å². The lowest BCUT2D eigenvalue weighted by Crippen LogP contribution is -2.49. The van der Waals surface area contributed by atoms with Gasteiger partial charge in [-0.3, -0.25) is 24.8 Å². The Kier molecular flexibility index (Phi) is 10.7. The first-order chi connectivity index (χ1) is 15.8. The molecule has 2 aromatic rings. The second kappa shape index (κ2) is 13.7. The predicted molar refractivity (Wildman–Crippen MR) is 124 cm³/mol. The predicted octanol–water partition coefficient (Wildman–Crippen LogP) is 2.22. The summed E-state index contributed by atoms with van der Waals surface area (Å²) in [5.41, 5.74) is 4.31. The maximum absolute atomic E-state index is 12.8. The van der Waals surface area contributed by atoms with Gasteiger partial charge in [0.1, 0.15) is 5.75 Å². The summed E-state index contributed by atoms with van der Waals surface area (Å²) in [6.07, 6.45) is 0.130. The van der Waals surface area contributed by atoms with Crippen LogP contribution in [0.3, 0.4) is 0 Å². The van der Waals surface area contributed by atoms with E-state index in [2.05, 4.69) is 10.7 Å². The smallest absolute Gasteiger partial charge is 0.303 e. The lowest BCUT2D eigenvalue weighted by atomic mass is 10.1. The van der Waals surface area contributed by atoms with Crippen LogP contribution in [0.15, 0.2) is 54.6 Å². The van der Waals surface area contributed by atoms with E-state index in [9.17, 15) is 19.5 Å². The number of anilines is 1. The van der Waals surface area contributed by atoms with Crippen LogP contribution in [0.25, 0.3) is 0 Å². The minimum Gasteiger partial charge on any atom is -0.494 e. The van der Waals surface area contributed by atoms with E-state index in [-0.39, 0.29) is 25.3 Å². The summed E-state index contributed by atoms with van der Waals surface area (Å²) in [6.45, 7) is 2.07. The second-order valence-electron chi connectivity index (χ2n) is 7.59. The molecule has 1 unspecified atom stereocenters. The van der Waals surface area contributed by atoms with Gasteiger partial charge in [-0.2, -0.15) is 0 Å². The maximum atomic E-state index is 12.8. The molecule has 0 saturated heterocycles. The van der Waals surface area contributed by atoms with Gasteiger partial charge in [-0.05, 0) is 49.6 Å². The number of hydrazine groups is 1. The molecule has 0 aliphatic heterocycles. The Morgan fingerprint density at radius 2 is 1.76 bits per heavy atom. The van der Waals surface area contributed by atoms with E-state index in [0.717, 1.165) is 5.56 Å². The summed E-state index contributed by atoms with van der Waals surface area (Å²) in [6, 6.07) is 16.6. The number of amides is 2. The molecule has 1 atom stereocenters. The quantitative estimate of drug-likeness (QED) is 0.268. The molecular weight excluding hydrogens is 426 g/mol. The van der Waals surface area contributed by atoms with Crippen LogP contribution < -0.4 is 15.5 Å². The molecular formula is C24H31N3O6. The van der Waals surface area contributed by atoms with Crippen molar-refractivity contribution in [1.29, 1.82) is 0 Å². The molecule has 2 amide bonds. The molecule has 0 heterocycles. The number of carbonyl (C=O) groups excluding carboxylic acids is 2. The fourth-order valence-corrected chi connectivity index (χ4v) is 2.95. The molecule has 0 radical (unpaired) electrons. The molecule has 0 saturated carbocycles. The number of carboxylic acid groups (broad SMARTS) is 1. The zero-order chi connectivity index (χ0) is 24.1. The molecule has 0 aliphatic carbocycles. The first kappa shape index (κ1) is 25.7. The largest absolute Gasteiger partial charge is 0.494 e. The minimum atomic E-state index is -0.859. The zero-order valence-electron chi connectivity index (χ0n) is 18.7. The van der Waals surface area contributed by atoms with Gasteiger partial charge in [-0.1, -0.05) is 30.3 Å². The summed E-state index contributed by atoms with van der Waals surface area (Å²) in [5.74, 6) is -1.01. The van der Waals surface area contributed by atoms with Crippen molar-refractivity contribution in [2.75, 3.05) is 25.0 Å². The fourth-order valence-electron chi connectivity index (χ4n) is 2.95. The Hall–Kier alpha value is -3.59. The van der Waals surface area contributed by atoms with Crippen LogP contribution in [0.4, 0.5) is 5.69 Å². The third-order valence-electron chi connectivity index (χ3n) is 4.61. The first-order valence-electron chi connectivity index (χ1n) is 10.8. The number of ether oxygens (including phenoxy) is 1. The van der Waals surface area contributed by atoms with Crippen molar-refractivity contribution >= 4 is 23.5 Å². The Morgan fingerprint density at radius 3 is 2.39 bits per heavy atom. The zero-order valence-corrected chi connectivity index (χ0v) is 18.7. The van der Waals surface area contributed by atoms with Gasteiger partial charge in [0.2, 0.25) is 5.91 Å². The number of nitrogens with zero attached hydrogens (tertiary/aromatic N) is 1. The topological polar surface area (TPSA) is 128 Å². The van der Waals surface area contributed by atoms with E-state index in [0.29, 0.717) is 37.4 Å². The number of nitrogens with one attached hydrogen (secondary N) is 2. The number of carbonyl (C=O) groups is 3. The van der Waals surface area contributed by atoms with E-state index >= 15 is 0 Å². The van der Waals surface area contributed by atoms with Crippen LogP contribution >= 0.6 is 0 Å². The van der Waals surface area contributed by atoms with Gasteiger partial charge in [0.05, 0.1) is 25.7 Å². The highest BCUT2D eigenvalue weighted by Crippen LogP contribution is 2.16. The third kappa shape index (κ3) is 10.5. The summed E-state index contributed by atoms with van der Waals surface area (Å²) in [5, 5.41) is 22.4. The van der Waals surface area contributed by atoms with Gasteiger partial charge in [-0.15, -0.1) is 0 Å². The van der Waals surface area contributed by atoms with Crippen molar-refractivity contribution in [3.8, 4) is 5.75 Å². The first-order valence-corrected chi connectivity index (χ1v) is 10.8. The Morgan fingerprint density at radius 1 is 1.06 bits per heavy atom. The standard InChI is InChI=1S/C24H31N3O6/c1-18(28)16-22(29)26-27(14-13-19-6-3-2-4-7-19)23(30)17-25-20-9-11-21(12-10-20)33-15-5-8-24(31)32/h2-4,6-7,9-12,18,25,28H,5,8,13-17H2,1H3,(H,26,29)(H,31,32). The summed E-state index contributed by atoms with van der Waals surface area (Å²) < 4.78 is 5.49. The van der Waals surface area contributed by atoms with Crippen LogP contribution in [-0.4, -0.2) is 58.8 Å². The number of carboxylic acids is 1. The Labute approximate surface area is 193 Å². The molecule has 0 fully saturated rings. The van der Waals surface area contributed by atoms with Crippen LogP contribution in [0.1, 0.15) is 31.7 Å². The molecule has 0 aromatic heterocycles. The molecule has 33 heavy (non-hydrogen) atoms. The molecule has 178 valence electrons. The summed E-state index contributed by atoms with van der Waals surface area (Å²) in [7, 11) is 0. The maximum Gasteiger partial charge on any atom is 0.303 e. The number of aliphatic hydroxyl groups excluding tert-OH is 1. The highest BCUT2D eigenvalue weighted by atomic mass is 16.5. The molecule has 0 bridgehead atoms. The summed E-state index contributed by atoms with van der Waals surface area (Å²) >= 11 is 0. The molecule has 9 nitrogen and oxygen atoms in total. The lowest BCUT2D eigenvalue weighted by molar-refractivity contribution is -0.140. The summed E-state index contributed by atoms with van der Waals surface area (Å²) in [4.78, 5) is 35.4. The fraction of sp³-hybridized carbons (Fsp3) is 0.375. The number of hydrogen-bond acceptors (Lipinski definition) is 6. The second-order valence-corrected chi connectivity index (χ2v) is 7.59. The molecule has 0 spiro atoms. The number of hydrogen-bond donors (Lipinski definition) is 4. The van der Waals surface area contributed by atoms with Crippen LogP contribution in [0.2, 0.25) is 0 Å². The van der Waals surface area contributed by atoms with Gasteiger partial charge < -0.3 is 20.3 Å². The highest BCUT2D eigenvalue weighted by Gasteiger charge is 2.17. The number of benzene rings is 2. The van der Waals surface area contributed by atoms with Gasteiger partial charge in [0.15, 0.2) is 0 Å². The average Bonchev–Trinajstić information content (AvgIpc) is 2.78. The van der Waals surface area contributed by atoms with Crippen LogP contribution in [0.5, 0.6) is 5.75 Å². The van der Waals surface area contributed by atoms with Crippen molar-refractivity contribution in [3.05, 3.63) is 60.2 Å². The lowest BCUT2D eigenvalue weighted by Gasteiger charge is -2.24. The minimum absolute atomic E-state index is 0.0391. The van der Waals surface area contributed by atoms with Gasteiger partial charge in [0, 0.05) is 18.7 Å². The van der Waals surface area contributed by atoms with Crippen molar-refractivity contribution in [1.82, 2.24) is 10.4 Å². The van der Waals surface area contributed by atoms with E-state index in [1.807, 2.05) is 30.3 Å². The van der Waals surface area contributed by atoms with Gasteiger partial charge >= 0.3 is 5.97 Å².